The summed E-state index contributed by atoms with van der Waals surface area (Å²) in [5, 5.41) is 0. The van der Waals surface area contributed by atoms with Crippen LogP contribution in [0, 0.1) is 5.41 Å². The Hall–Kier alpha value is -1.37. The van der Waals surface area contributed by atoms with Gasteiger partial charge in [-0.3, -0.25) is 4.99 Å². The van der Waals surface area contributed by atoms with Crippen LogP contribution in [0.3, 0.4) is 0 Å². The van der Waals surface area contributed by atoms with Gasteiger partial charge in [-0.05, 0) is 49.3 Å². The lowest BCUT2D eigenvalue weighted by atomic mass is 9.76. The van der Waals surface area contributed by atoms with Crippen molar-refractivity contribution in [2.75, 3.05) is 0 Å². The zero-order valence-electron chi connectivity index (χ0n) is 13.5. The first-order valence-corrected chi connectivity index (χ1v) is 6.99. The molecular formula is C18H29N. The van der Waals surface area contributed by atoms with Crippen molar-refractivity contribution >= 4 is 5.71 Å². The summed E-state index contributed by atoms with van der Waals surface area (Å²) in [5.74, 6) is 0. The molecular weight excluding hydrogens is 230 g/mol. The highest BCUT2D eigenvalue weighted by Gasteiger charge is 2.24. The highest BCUT2D eigenvalue weighted by molar-refractivity contribution is 5.79. The molecule has 0 saturated heterocycles. The van der Waals surface area contributed by atoms with Crippen LogP contribution in [0.4, 0.5) is 0 Å². The van der Waals surface area contributed by atoms with Gasteiger partial charge in [0.05, 0.1) is 0 Å². The Labute approximate surface area is 119 Å². The lowest BCUT2D eigenvalue weighted by Gasteiger charge is -2.29. The largest absolute Gasteiger partial charge is 0.266 e. The average Bonchev–Trinajstić information content (AvgIpc) is 2.28. The maximum absolute atomic E-state index is 4.47. The van der Waals surface area contributed by atoms with E-state index in [2.05, 4.69) is 38.9 Å². The van der Waals surface area contributed by atoms with Gasteiger partial charge in [-0.1, -0.05) is 52.5 Å². The molecule has 0 atom stereocenters. The summed E-state index contributed by atoms with van der Waals surface area (Å²) in [7, 11) is 0. The fourth-order valence-corrected chi connectivity index (χ4v) is 2.09. The molecule has 0 aromatic carbocycles. The van der Waals surface area contributed by atoms with Crippen LogP contribution < -0.4 is 0 Å². The molecule has 0 heterocycles. The summed E-state index contributed by atoms with van der Waals surface area (Å²) in [6.45, 7) is 21.0. The van der Waals surface area contributed by atoms with Crippen LogP contribution in [0.15, 0.2) is 53.2 Å². The summed E-state index contributed by atoms with van der Waals surface area (Å²) in [4.78, 5) is 4.47. The van der Waals surface area contributed by atoms with Gasteiger partial charge >= 0.3 is 0 Å². The van der Waals surface area contributed by atoms with Crippen LogP contribution in [0.2, 0.25) is 0 Å². The molecule has 0 unspecified atom stereocenters. The van der Waals surface area contributed by atoms with Gasteiger partial charge in [-0.2, -0.15) is 0 Å². The van der Waals surface area contributed by atoms with E-state index in [1.165, 1.54) is 5.57 Å². The number of hydrogen-bond acceptors (Lipinski definition) is 1. The van der Waals surface area contributed by atoms with Gasteiger partial charge in [-0.15, -0.1) is 0 Å². The van der Waals surface area contributed by atoms with Crippen molar-refractivity contribution in [2.24, 2.45) is 10.4 Å². The topological polar surface area (TPSA) is 12.4 Å². The molecule has 106 valence electrons. The molecule has 0 spiro atoms. The molecule has 0 aromatic rings. The van der Waals surface area contributed by atoms with Crippen molar-refractivity contribution in [3.8, 4) is 0 Å². The Morgan fingerprint density at radius 2 is 1.79 bits per heavy atom. The Morgan fingerprint density at radius 1 is 1.21 bits per heavy atom. The van der Waals surface area contributed by atoms with Gasteiger partial charge in [0.25, 0.3) is 0 Å². The first kappa shape index (κ1) is 17.6. The minimum atomic E-state index is 0.0648. The summed E-state index contributed by atoms with van der Waals surface area (Å²) in [6, 6.07) is 0. The third kappa shape index (κ3) is 5.87. The average molecular weight is 259 g/mol. The van der Waals surface area contributed by atoms with Crippen molar-refractivity contribution in [2.45, 2.75) is 54.4 Å². The predicted molar refractivity (Wildman–Crippen MR) is 88.6 cm³/mol. The standard InChI is InChI=1S/C18H29N/c1-9-11-15(5)16(6)17(13-19-14(3)4)18(7,8)12-10-2/h9,11,13H,5-6,10,12H2,1-4,7-8H3/b11-9-,17-13+. The molecule has 1 heteroatoms. The molecule has 0 aliphatic rings. The van der Waals surface area contributed by atoms with Crippen molar-refractivity contribution in [3.05, 3.63) is 48.2 Å². The smallest absolute Gasteiger partial charge is 0.0310 e. The van der Waals surface area contributed by atoms with Crippen LogP contribution in [0.25, 0.3) is 0 Å². The third-order valence-electron chi connectivity index (χ3n) is 3.14. The maximum atomic E-state index is 4.47. The molecule has 0 fully saturated rings. The third-order valence-corrected chi connectivity index (χ3v) is 3.14. The summed E-state index contributed by atoms with van der Waals surface area (Å²) >= 11 is 0. The van der Waals surface area contributed by atoms with E-state index in [-0.39, 0.29) is 5.41 Å². The van der Waals surface area contributed by atoms with Gasteiger partial charge in [0.2, 0.25) is 0 Å². The zero-order valence-corrected chi connectivity index (χ0v) is 13.5. The second kappa shape index (κ2) is 7.93. The number of nitrogens with zero attached hydrogens (tertiary/aromatic N) is 1. The lowest BCUT2D eigenvalue weighted by molar-refractivity contribution is 0.408. The minimum Gasteiger partial charge on any atom is -0.266 e. The number of aliphatic imine (C=N–C) groups is 1. The molecule has 0 N–H and O–H groups in total. The maximum Gasteiger partial charge on any atom is 0.0310 e. The molecule has 0 saturated carbocycles. The second-order valence-corrected chi connectivity index (χ2v) is 5.76. The Kier molecular flexibility index (Phi) is 7.36. The molecule has 0 amide bonds. The summed E-state index contributed by atoms with van der Waals surface area (Å²) in [6.07, 6.45) is 8.21. The van der Waals surface area contributed by atoms with E-state index in [4.69, 9.17) is 0 Å². The minimum absolute atomic E-state index is 0.0648. The van der Waals surface area contributed by atoms with E-state index in [9.17, 15) is 0 Å². The Balaban J connectivity index is 5.54. The first-order chi connectivity index (χ1) is 8.76. The predicted octanol–water partition coefficient (Wildman–Crippen LogP) is 5.87. The number of rotatable bonds is 7. The number of allylic oxidation sites excluding steroid dienone is 5. The molecule has 0 bridgehead atoms. The fourth-order valence-electron chi connectivity index (χ4n) is 2.09. The highest BCUT2D eigenvalue weighted by atomic mass is 14.7. The number of hydrogen-bond donors (Lipinski definition) is 0. The highest BCUT2D eigenvalue weighted by Crippen LogP contribution is 2.38. The van der Waals surface area contributed by atoms with E-state index in [1.807, 2.05) is 39.1 Å². The summed E-state index contributed by atoms with van der Waals surface area (Å²) in [5.41, 5.74) is 4.24. The molecule has 0 aliphatic heterocycles. The van der Waals surface area contributed by atoms with Gasteiger partial charge < -0.3 is 0 Å². The van der Waals surface area contributed by atoms with Gasteiger partial charge in [0, 0.05) is 11.9 Å². The van der Waals surface area contributed by atoms with E-state index < -0.39 is 0 Å². The zero-order chi connectivity index (χ0) is 15.1. The Bertz CT molecular complexity index is 413. The molecule has 0 radical (unpaired) electrons. The lowest BCUT2D eigenvalue weighted by Crippen LogP contribution is -2.16. The Morgan fingerprint density at radius 3 is 2.21 bits per heavy atom. The monoisotopic (exact) mass is 259 g/mol. The normalized spacial score (nSPS) is 12.6. The van der Waals surface area contributed by atoms with Crippen molar-refractivity contribution < 1.29 is 0 Å². The summed E-state index contributed by atoms with van der Waals surface area (Å²) < 4.78 is 0. The van der Waals surface area contributed by atoms with Gasteiger partial charge in [-0.25, -0.2) is 0 Å². The first-order valence-electron chi connectivity index (χ1n) is 6.99. The fraction of sp³-hybridized carbons (Fsp3) is 0.500. The van der Waals surface area contributed by atoms with Crippen LogP contribution in [0.1, 0.15) is 54.4 Å². The van der Waals surface area contributed by atoms with Gasteiger partial charge in [0.1, 0.15) is 0 Å². The van der Waals surface area contributed by atoms with Crippen molar-refractivity contribution in [1.29, 1.82) is 0 Å². The quantitative estimate of drug-likeness (QED) is 0.401. The van der Waals surface area contributed by atoms with Crippen LogP contribution in [-0.4, -0.2) is 5.71 Å². The molecule has 0 aromatic heterocycles. The van der Waals surface area contributed by atoms with E-state index in [0.717, 1.165) is 29.7 Å². The molecule has 19 heavy (non-hydrogen) atoms. The van der Waals surface area contributed by atoms with Crippen molar-refractivity contribution in [1.82, 2.24) is 0 Å². The van der Waals surface area contributed by atoms with E-state index >= 15 is 0 Å². The van der Waals surface area contributed by atoms with E-state index in [1.54, 1.807) is 0 Å². The molecule has 0 rings (SSSR count). The van der Waals surface area contributed by atoms with E-state index in [0.29, 0.717) is 0 Å². The van der Waals surface area contributed by atoms with Crippen molar-refractivity contribution in [3.63, 3.8) is 0 Å². The molecule has 1 nitrogen and oxygen atoms in total. The van der Waals surface area contributed by atoms with Crippen LogP contribution in [-0.2, 0) is 0 Å². The molecule has 0 aliphatic carbocycles. The SMILES string of the molecule is C=C(/C=C\C)C(=C)/C(=C\N=C(C)C)C(C)(C)CCC. The van der Waals surface area contributed by atoms with Crippen LogP contribution >= 0.6 is 0 Å². The second-order valence-electron chi connectivity index (χ2n) is 5.76. The van der Waals surface area contributed by atoms with Crippen LogP contribution in [0.5, 0.6) is 0 Å². The van der Waals surface area contributed by atoms with Gasteiger partial charge in [0.15, 0.2) is 0 Å².